The van der Waals surface area contributed by atoms with Gasteiger partial charge in [0.15, 0.2) is 5.82 Å². The molecule has 0 atom stereocenters. The molecule has 0 aliphatic carbocycles. The van der Waals surface area contributed by atoms with Gasteiger partial charge in [0.1, 0.15) is 0 Å². The second kappa shape index (κ2) is 5.99. The van der Waals surface area contributed by atoms with Crippen LogP contribution in [0.3, 0.4) is 0 Å². The molecule has 0 fully saturated rings. The van der Waals surface area contributed by atoms with Gasteiger partial charge in [0.2, 0.25) is 5.91 Å². The molecule has 5 nitrogen and oxygen atoms in total. The summed E-state index contributed by atoms with van der Waals surface area (Å²) < 4.78 is 0. The summed E-state index contributed by atoms with van der Waals surface area (Å²) in [7, 11) is 0. The van der Waals surface area contributed by atoms with Crippen LogP contribution in [0.1, 0.15) is 38.4 Å². The Bertz CT molecular complexity index is 625. The van der Waals surface area contributed by atoms with Gasteiger partial charge < -0.3 is 11.1 Å². The molecule has 0 radical (unpaired) electrons. The van der Waals surface area contributed by atoms with Crippen LogP contribution in [0, 0.1) is 0 Å². The Balaban J connectivity index is 1.90. The predicted octanol–water partition coefficient (Wildman–Crippen LogP) is 2.86. The van der Waals surface area contributed by atoms with Crippen molar-refractivity contribution < 1.29 is 4.79 Å². The number of hydrogen-bond acceptors (Lipinski definition) is 3. The third kappa shape index (κ3) is 4.08. The Hall–Kier alpha value is -2.30. The highest BCUT2D eigenvalue weighted by Crippen LogP contribution is 2.22. The molecule has 5 heteroatoms. The molecule has 4 N–H and O–H groups in total. The summed E-state index contributed by atoms with van der Waals surface area (Å²) in [6.07, 6.45) is 1.00. The van der Waals surface area contributed by atoms with Crippen LogP contribution in [-0.2, 0) is 16.6 Å². The summed E-state index contributed by atoms with van der Waals surface area (Å²) in [6.45, 7) is 6.26. The zero-order valence-electron chi connectivity index (χ0n) is 12.7. The van der Waals surface area contributed by atoms with Gasteiger partial charge in [0, 0.05) is 29.3 Å². The molecular formula is C16H22N4O. The summed E-state index contributed by atoms with van der Waals surface area (Å²) in [6, 6.07) is 9.46. The van der Waals surface area contributed by atoms with Crippen LogP contribution in [0.25, 0.3) is 0 Å². The van der Waals surface area contributed by atoms with Crippen LogP contribution in [0.15, 0.2) is 30.3 Å². The molecule has 21 heavy (non-hydrogen) atoms. The van der Waals surface area contributed by atoms with Crippen LogP contribution in [-0.4, -0.2) is 16.1 Å². The molecule has 1 aromatic heterocycles. The molecule has 0 saturated heterocycles. The fourth-order valence-corrected chi connectivity index (χ4v) is 1.99. The van der Waals surface area contributed by atoms with Crippen molar-refractivity contribution in [3.05, 3.63) is 41.6 Å². The molecule has 1 amide bonds. The monoisotopic (exact) mass is 286 g/mol. The maximum Gasteiger partial charge on any atom is 0.225 e. The van der Waals surface area contributed by atoms with Gasteiger partial charge in [-0.1, -0.05) is 39.0 Å². The fraction of sp³-hybridized carbons (Fsp3) is 0.375. The van der Waals surface area contributed by atoms with E-state index in [9.17, 15) is 4.79 Å². The minimum atomic E-state index is -0.0646. The number of carbonyl (C=O) groups excluding carboxylic acids is 1. The molecule has 0 unspecified atom stereocenters. The molecule has 0 spiro atoms. The molecule has 2 rings (SSSR count). The first-order valence-corrected chi connectivity index (χ1v) is 7.05. The standard InChI is InChI=1S/C16H22N4O/c1-16(2,3)13-10-14(20-19-13)18-15(21)9-8-11-6-4-5-7-12(11)17/h4-7,10H,8-9,17H2,1-3H3,(H2,18,19,20,21). The number of anilines is 2. The predicted molar refractivity (Wildman–Crippen MR) is 85.1 cm³/mol. The number of aryl methyl sites for hydroxylation is 1. The number of nitrogens with two attached hydrogens (primary N) is 1. The molecule has 0 aliphatic heterocycles. The summed E-state index contributed by atoms with van der Waals surface area (Å²) in [5.41, 5.74) is 8.55. The molecule has 112 valence electrons. The maximum absolute atomic E-state index is 12.0. The molecule has 0 aliphatic rings. The van der Waals surface area contributed by atoms with Crippen molar-refractivity contribution in [1.82, 2.24) is 10.2 Å². The Morgan fingerprint density at radius 3 is 2.67 bits per heavy atom. The first-order valence-electron chi connectivity index (χ1n) is 7.05. The number of aromatic amines is 1. The average Bonchev–Trinajstić information content (AvgIpc) is 2.86. The molecule has 1 heterocycles. The highest BCUT2D eigenvalue weighted by atomic mass is 16.1. The number of benzene rings is 1. The zero-order chi connectivity index (χ0) is 15.5. The smallest absolute Gasteiger partial charge is 0.225 e. The lowest BCUT2D eigenvalue weighted by atomic mass is 9.92. The highest BCUT2D eigenvalue weighted by Gasteiger charge is 2.17. The van der Waals surface area contributed by atoms with Gasteiger partial charge in [0.25, 0.3) is 0 Å². The van der Waals surface area contributed by atoms with Crippen molar-refractivity contribution >= 4 is 17.4 Å². The minimum absolute atomic E-state index is 0.0194. The maximum atomic E-state index is 12.0. The Kier molecular flexibility index (Phi) is 4.31. The summed E-state index contributed by atoms with van der Waals surface area (Å²) >= 11 is 0. The van der Waals surface area contributed by atoms with E-state index in [2.05, 4.69) is 36.3 Å². The molecule has 1 aromatic carbocycles. The number of carbonyl (C=O) groups is 1. The molecular weight excluding hydrogens is 264 g/mol. The van der Waals surface area contributed by atoms with Crippen LogP contribution < -0.4 is 11.1 Å². The van der Waals surface area contributed by atoms with E-state index in [0.29, 0.717) is 18.7 Å². The summed E-state index contributed by atoms with van der Waals surface area (Å²) in [5, 5.41) is 9.86. The van der Waals surface area contributed by atoms with Crippen LogP contribution >= 0.6 is 0 Å². The fourth-order valence-electron chi connectivity index (χ4n) is 1.99. The molecule has 0 bridgehead atoms. The van der Waals surface area contributed by atoms with Crippen molar-refractivity contribution in [3.63, 3.8) is 0 Å². The number of aromatic nitrogens is 2. The van der Waals surface area contributed by atoms with E-state index in [1.807, 2.05) is 30.3 Å². The van der Waals surface area contributed by atoms with E-state index in [1.54, 1.807) is 0 Å². The minimum Gasteiger partial charge on any atom is -0.399 e. The van der Waals surface area contributed by atoms with E-state index >= 15 is 0 Å². The molecule has 0 saturated carbocycles. The second-order valence-corrected chi connectivity index (χ2v) is 6.16. The number of H-pyrrole nitrogens is 1. The first kappa shape index (κ1) is 15.1. The summed E-state index contributed by atoms with van der Waals surface area (Å²) in [4.78, 5) is 12.0. The van der Waals surface area contributed by atoms with Crippen molar-refractivity contribution in [3.8, 4) is 0 Å². The van der Waals surface area contributed by atoms with E-state index < -0.39 is 0 Å². The number of hydrogen-bond donors (Lipinski definition) is 3. The summed E-state index contributed by atoms with van der Waals surface area (Å²) in [5.74, 6) is 0.496. The average molecular weight is 286 g/mol. The zero-order valence-corrected chi connectivity index (χ0v) is 12.7. The lowest BCUT2D eigenvalue weighted by Crippen LogP contribution is -2.13. The number of amides is 1. The largest absolute Gasteiger partial charge is 0.399 e. The second-order valence-electron chi connectivity index (χ2n) is 6.16. The lowest BCUT2D eigenvalue weighted by Gasteiger charge is -2.14. The van der Waals surface area contributed by atoms with Crippen molar-refractivity contribution in [2.45, 2.75) is 39.0 Å². The number of nitrogens with one attached hydrogen (secondary N) is 2. The first-order chi connectivity index (χ1) is 9.86. The topological polar surface area (TPSA) is 83.8 Å². The van der Waals surface area contributed by atoms with Gasteiger partial charge >= 0.3 is 0 Å². The van der Waals surface area contributed by atoms with Gasteiger partial charge in [-0.05, 0) is 18.1 Å². The van der Waals surface area contributed by atoms with Gasteiger partial charge in [-0.2, -0.15) is 5.10 Å². The van der Waals surface area contributed by atoms with E-state index in [-0.39, 0.29) is 11.3 Å². The van der Waals surface area contributed by atoms with Crippen molar-refractivity contribution in [1.29, 1.82) is 0 Å². The number of nitrogen functional groups attached to an aromatic ring is 1. The van der Waals surface area contributed by atoms with Crippen molar-refractivity contribution in [2.24, 2.45) is 0 Å². The number of rotatable bonds is 4. The van der Waals surface area contributed by atoms with Crippen LogP contribution in [0.5, 0.6) is 0 Å². The normalized spacial score (nSPS) is 11.4. The third-order valence-corrected chi connectivity index (χ3v) is 3.33. The lowest BCUT2D eigenvalue weighted by molar-refractivity contribution is -0.116. The van der Waals surface area contributed by atoms with Gasteiger partial charge in [-0.15, -0.1) is 0 Å². The van der Waals surface area contributed by atoms with Crippen LogP contribution in [0.2, 0.25) is 0 Å². The highest BCUT2D eigenvalue weighted by molar-refractivity contribution is 5.90. The van der Waals surface area contributed by atoms with Gasteiger partial charge in [-0.3, -0.25) is 9.89 Å². The Labute approximate surface area is 124 Å². The van der Waals surface area contributed by atoms with Gasteiger partial charge in [-0.25, -0.2) is 0 Å². The molecule has 2 aromatic rings. The van der Waals surface area contributed by atoms with Crippen molar-refractivity contribution in [2.75, 3.05) is 11.1 Å². The van der Waals surface area contributed by atoms with E-state index in [1.165, 1.54) is 0 Å². The third-order valence-electron chi connectivity index (χ3n) is 3.33. The number of nitrogens with zero attached hydrogens (tertiary/aromatic N) is 1. The van der Waals surface area contributed by atoms with Crippen LogP contribution in [0.4, 0.5) is 11.5 Å². The Morgan fingerprint density at radius 1 is 1.33 bits per heavy atom. The van der Waals surface area contributed by atoms with E-state index in [0.717, 1.165) is 16.9 Å². The number of para-hydroxylation sites is 1. The quantitative estimate of drug-likeness (QED) is 0.756. The van der Waals surface area contributed by atoms with Gasteiger partial charge in [0.05, 0.1) is 0 Å². The van der Waals surface area contributed by atoms with E-state index in [4.69, 9.17) is 5.73 Å². The Morgan fingerprint density at radius 2 is 2.05 bits per heavy atom. The SMILES string of the molecule is CC(C)(C)c1cc(NC(=O)CCc2ccccc2N)n[nH]1.